The standard InChI is InChI=1S/C13H27OSSi/c1-10(14-16(8)9)11(12(2,3)4)15-13(5,6)7/h1-9H3. The Morgan fingerprint density at radius 2 is 1.44 bits per heavy atom. The van der Waals surface area contributed by atoms with Gasteiger partial charge in [-0.3, -0.25) is 0 Å². The summed E-state index contributed by atoms with van der Waals surface area (Å²) < 4.78 is 6.18. The molecular weight excluding hydrogens is 232 g/mol. The van der Waals surface area contributed by atoms with E-state index in [4.69, 9.17) is 4.43 Å². The molecule has 0 fully saturated rings. The molecule has 0 heterocycles. The second-order valence-electron chi connectivity index (χ2n) is 6.36. The Balaban J connectivity index is 5.09. The first-order valence-electron chi connectivity index (χ1n) is 5.82. The van der Waals surface area contributed by atoms with Crippen LogP contribution in [-0.2, 0) is 4.43 Å². The Bertz CT molecular complexity index is 256. The van der Waals surface area contributed by atoms with Crippen LogP contribution in [0.2, 0.25) is 13.1 Å². The summed E-state index contributed by atoms with van der Waals surface area (Å²) in [6.45, 7) is 20.0. The molecule has 0 aromatic rings. The number of hydrogen-bond donors (Lipinski definition) is 0. The van der Waals surface area contributed by atoms with Crippen LogP contribution in [0.1, 0.15) is 48.5 Å². The van der Waals surface area contributed by atoms with Gasteiger partial charge in [-0.25, -0.2) is 0 Å². The van der Waals surface area contributed by atoms with Crippen molar-refractivity contribution in [3.05, 3.63) is 10.7 Å². The first-order valence-corrected chi connectivity index (χ1v) is 9.04. The van der Waals surface area contributed by atoms with Crippen LogP contribution in [0.25, 0.3) is 0 Å². The molecule has 3 heteroatoms. The highest BCUT2D eigenvalue weighted by Crippen LogP contribution is 2.43. The molecule has 1 radical (unpaired) electrons. The minimum Gasteiger partial charge on any atom is -0.545 e. The second kappa shape index (κ2) is 5.63. The van der Waals surface area contributed by atoms with Gasteiger partial charge in [-0.1, -0.05) is 41.5 Å². The average molecular weight is 260 g/mol. The maximum Gasteiger partial charge on any atom is 0.273 e. The van der Waals surface area contributed by atoms with Crippen molar-refractivity contribution in [2.75, 3.05) is 0 Å². The van der Waals surface area contributed by atoms with E-state index in [9.17, 15) is 0 Å². The summed E-state index contributed by atoms with van der Waals surface area (Å²) in [5, 5.41) is 0. The molecule has 0 unspecified atom stereocenters. The Hall–Kier alpha value is 0.107. The van der Waals surface area contributed by atoms with E-state index in [1.807, 2.05) is 11.8 Å². The molecule has 0 aliphatic heterocycles. The maximum absolute atomic E-state index is 5.95. The van der Waals surface area contributed by atoms with Crippen molar-refractivity contribution in [3.63, 3.8) is 0 Å². The quantitative estimate of drug-likeness (QED) is 0.517. The fraction of sp³-hybridized carbons (Fsp3) is 0.846. The molecule has 0 rings (SSSR count). The van der Waals surface area contributed by atoms with Crippen molar-refractivity contribution >= 4 is 20.8 Å². The minimum absolute atomic E-state index is 0.166. The molecular formula is C13H27OSSi. The summed E-state index contributed by atoms with van der Waals surface area (Å²) in [7, 11) is -0.664. The molecule has 0 atom stereocenters. The van der Waals surface area contributed by atoms with Gasteiger partial charge in [-0.2, -0.15) is 0 Å². The van der Waals surface area contributed by atoms with Crippen LogP contribution in [0, 0.1) is 5.41 Å². The third-order valence-corrected chi connectivity index (χ3v) is 4.20. The van der Waals surface area contributed by atoms with Crippen molar-refractivity contribution in [1.82, 2.24) is 0 Å². The van der Waals surface area contributed by atoms with Crippen LogP contribution >= 0.6 is 11.8 Å². The molecule has 0 N–H and O–H groups in total. The first kappa shape index (κ1) is 16.1. The highest BCUT2D eigenvalue weighted by Gasteiger charge is 2.26. The Kier molecular flexibility index (Phi) is 5.67. The maximum atomic E-state index is 5.95. The van der Waals surface area contributed by atoms with Gasteiger partial charge in [0.05, 0.1) is 5.76 Å². The second-order valence-corrected chi connectivity index (χ2v) is 10.2. The van der Waals surface area contributed by atoms with E-state index in [2.05, 4.69) is 61.6 Å². The number of rotatable bonds is 3. The lowest BCUT2D eigenvalue weighted by Gasteiger charge is -2.31. The zero-order chi connectivity index (χ0) is 13.1. The molecule has 1 nitrogen and oxygen atoms in total. The van der Waals surface area contributed by atoms with Crippen molar-refractivity contribution in [3.8, 4) is 0 Å². The average Bonchev–Trinajstić information content (AvgIpc) is 1.94. The van der Waals surface area contributed by atoms with Gasteiger partial charge in [-0.05, 0) is 25.4 Å². The fourth-order valence-electron chi connectivity index (χ4n) is 1.41. The van der Waals surface area contributed by atoms with E-state index in [-0.39, 0.29) is 10.2 Å². The van der Waals surface area contributed by atoms with Crippen molar-refractivity contribution in [1.29, 1.82) is 0 Å². The third kappa shape index (κ3) is 6.64. The highest BCUT2D eigenvalue weighted by molar-refractivity contribution is 8.04. The van der Waals surface area contributed by atoms with Crippen LogP contribution in [0.5, 0.6) is 0 Å². The topological polar surface area (TPSA) is 9.23 Å². The SMILES string of the molecule is CC(O[Si](C)C)=C(SC(C)(C)C)C(C)(C)C. The van der Waals surface area contributed by atoms with Gasteiger partial charge in [0.1, 0.15) is 0 Å². The molecule has 0 aromatic carbocycles. The molecule has 0 aliphatic carbocycles. The van der Waals surface area contributed by atoms with Crippen LogP contribution in [0.3, 0.4) is 0 Å². The smallest absolute Gasteiger partial charge is 0.273 e. The molecule has 0 aliphatic rings. The summed E-state index contributed by atoms with van der Waals surface area (Å²) in [5.41, 5.74) is 0.166. The number of thioether (sulfide) groups is 1. The lowest BCUT2D eigenvalue weighted by molar-refractivity contribution is 0.412. The fourth-order valence-corrected chi connectivity index (χ4v) is 3.30. The van der Waals surface area contributed by atoms with Gasteiger partial charge in [-0.15, -0.1) is 11.8 Å². The molecule has 0 spiro atoms. The van der Waals surface area contributed by atoms with Gasteiger partial charge in [0.15, 0.2) is 0 Å². The lowest BCUT2D eigenvalue weighted by atomic mass is 9.95. The summed E-state index contributed by atoms with van der Waals surface area (Å²) in [6, 6.07) is 0. The molecule has 0 bridgehead atoms. The van der Waals surface area contributed by atoms with Crippen LogP contribution < -0.4 is 0 Å². The van der Waals surface area contributed by atoms with E-state index >= 15 is 0 Å². The van der Waals surface area contributed by atoms with E-state index in [1.165, 1.54) is 4.91 Å². The predicted octanol–water partition coefficient (Wildman–Crippen LogP) is 5.06. The van der Waals surface area contributed by atoms with Crippen LogP contribution in [0.4, 0.5) is 0 Å². The highest BCUT2D eigenvalue weighted by atomic mass is 32.2. The van der Waals surface area contributed by atoms with Gasteiger partial charge in [0.25, 0.3) is 9.04 Å². The molecule has 95 valence electrons. The zero-order valence-corrected chi connectivity index (χ0v) is 14.1. The zero-order valence-electron chi connectivity index (χ0n) is 12.3. The largest absolute Gasteiger partial charge is 0.545 e. The molecule has 0 aromatic heterocycles. The van der Waals surface area contributed by atoms with E-state index in [0.29, 0.717) is 0 Å². The van der Waals surface area contributed by atoms with Crippen molar-refractivity contribution in [2.45, 2.75) is 66.3 Å². The number of hydrogen-bond acceptors (Lipinski definition) is 2. The molecule has 0 amide bonds. The molecule has 0 saturated carbocycles. The van der Waals surface area contributed by atoms with Gasteiger partial charge >= 0.3 is 0 Å². The summed E-state index contributed by atoms with van der Waals surface area (Å²) in [4.78, 5) is 1.38. The molecule has 16 heavy (non-hydrogen) atoms. The van der Waals surface area contributed by atoms with Crippen molar-refractivity contribution in [2.24, 2.45) is 5.41 Å². The normalized spacial score (nSPS) is 15.1. The van der Waals surface area contributed by atoms with Gasteiger partial charge in [0, 0.05) is 9.65 Å². The van der Waals surface area contributed by atoms with E-state index in [1.54, 1.807) is 0 Å². The van der Waals surface area contributed by atoms with Gasteiger partial charge in [0.2, 0.25) is 0 Å². The number of allylic oxidation sites excluding steroid dienone is 2. The Morgan fingerprint density at radius 1 is 1.00 bits per heavy atom. The summed E-state index contributed by atoms with van der Waals surface area (Å²) in [5.74, 6) is 1.12. The lowest BCUT2D eigenvalue weighted by Crippen LogP contribution is -2.18. The Labute approximate surface area is 108 Å². The summed E-state index contributed by atoms with van der Waals surface area (Å²) in [6.07, 6.45) is 0. The van der Waals surface area contributed by atoms with Crippen LogP contribution in [0.15, 0.2) is 10.7 Å². The van der Waals surface area contributed by atoms with Crippen molar-refractivity contribution < 1.29 is 4.43 Å². The predicted molar refractivity (Wildman–Crippen MR) is 78.1 cm³/mol. The third-order valence-electron chi connectivity index (χ3n) is 1.77. The first-order chi connectivity index (χ1) is 6.93. The summed E-state index contributed by atoms with van der Waals surface area (Å²) >= 11 is 1.93. The molecule has 0 saturated heterocycles. The Morgan fingerprint density at radius 3 is 1.69 bits per heavy atom. The minimum atomic E-state index is -0.664. The van der Waals surface area contributed by atoms with Gasteiger partial charge < -0.3 is 4.43 Å². The monoisotopic (exact) mass is 259 g/mol. The van der Waals surface area contributed by atoms with Crippen LogP contribution in [-0.4, -0.2) is 13.8 Å². The van der Waals surface area contributed by atoms with E-state index < -0.39 is 9.04 Å². The van der Waals surface area contributed by atoms with E-state index in [0.717, 1.165) is 5.76 Å².